The number of aliphatic hydroxyl groups excluding tert-OH is 1. The summed E-state index contributed by atoms with van der Waals surface area (Å²) < 4.78 is 55.3. The number of ether oxygens (including phenoxy) is 6. The Hall–Kier alpha value is -2.99. The molecule has 588 valence electrons. The summed E-state index contributed by atoms with van der Waals surface area (Å²) in [5.41, 5.74) is 0. The second kappa shape index (κ2) is 66.7. The van der Waals surface area contributed by atoms with Gasteiger partial charge in [0.1, 0.15) is 42.3 Å². The summed E-state index contributed by atoms with van der Waals surface area (Å²) in [4.78, 5) is 105. The van der Waals surface area contributed by atoms with Crippen LogP contribution < -0.4 is 5.32 Å². The molecule has 1 aliphatic rings. The van der Waals surface area contributed by atoms with E-state index >= 15 is 0 Å². The van der Waals surface area contributed by atoms with Gasteiger partial charge in [-0.3, -0.25) is 33.3 Å². The summed E-state index contributed by atoms with van der Waals surface area (Å²) in [6.45, 7) is 12.1. The van der Waals surface area contributed by atoms with Crippen LogP contribution in [0, 0.1) is 0 Å². The van der Waals surface area contributed by atoms with E-state index in [4.69, 9.17) is 32.9 Å². The van der Waals surface area contributed by atoms with Gasteiger partial charge in [0.2, 0.25) is 5.91 Å². The van der Waals surface area contributed by atoms with Crippen molar-refractivity contribution in [1.82, 2.24) is 5.32 Å². The lowest BCUT2D eigenvalue weighted by molar-refractivity contribution is -0.271. The van der Waals surface area contributed by atoms with Crippen molar-refractivity contribution < 1.29 is 81.2 Å². The maximum atomic E-state index is 14.8. The van der Waals surface area contributed by atoms with E-state index in [1.54, 1.807) is 0 Å². The molecule has 1 fully saturated rings. The molecular weight excluding hydrogens is 1290 g/mol. The summed E-state index contributed by atoms with van der Waals surface area (Å²) in [7, 11) is -5.45. The third-order valence-electron chi connectivity index (χ3n) is 19.6. The van der Waals surface area contributed by atoms with Gasteiger partial charge < -0.3 is 48.6 Å². The van der Waals surface area contributed by atoms with Gasteiger partial charge in [-0.15, -0.1) is 0 Å². The second-order valence-electron chi connectivity index (χ2n) is 29.3. The van der Waals surface area contributed by atoms with E-state index in [9.17, 15) is 48.2 Å². The number of hydrogen-bond acceptors (Lipinski definition) is 15. The van der Waals surface area contributed by atoms with Crippen molar-refractivity contribution >= 4 is 43.4 Å². The van der Waals surface area contributed by atoms with Gasteiger partial charge in [-0.1, -0.05) is 311 Å². The Morgan fingerprint density at radius 2 is 0.690 bits per heavy atom. The van der Waals surface area contributed by atoms with Gasteiger partial charge in [-0.25, -0.2) is 4.57 Å². The number of nitrogens with one attached hydrogen (secondary N) is 1. The Kier molecular flexibility index (Phi) is 63.4. The Morgan fingerprint density at radius 3 is 1.02 bits per heavy atom. The number of phosphoric acid groups is 1. The average Bonchev–Trinajstić information content (AvgIpc) is 0.782. The number of esters is 4. The highest BCUT2D eigenvalue weighted by Crippen LogP contribution is 2.42. The van der Waals surface area contributed by atoms with Crippen molar-refractivity contribution in [3.63, 3.8) is 0 Å². The van der Waals surface area contributed by atoms with Crippen LogP contribution in [0.3, 0.4) is 0 Å². The molecule has 0 saturated carbocycles. The van der Waals surface area contributed by atoms with E-state index in [-0.39, 0.29) is 56.9 Å². The first-order valence-electron chi connectivity index (χ1n) is 41.7. The number of rotatable bonds is 73. The van der Waals surface area contributed by atoms with Crippen molar-refractivity contribution in [1.29, 1.82) is 0 Å². The van der Waals surface area contributed by atoms with E-state index in [0.717, 1.165) is 167 Å². The molecule has 0 aromatic heterocycles. The van der Waals surface area contributed by atoms with Crippen LogP contribution in [0.5, 0.6) is 0 Å². The standard InChI is InChI=1S/C81H152NO17P/c1-7-13-19-25-31-34-40-43-49-57-69(94-74(86)60-52-46-37-28-22-16-10-4)64-68(84)56-55-63-93-81-78(82-73(85)65-70(58-50-44-41-35-32-26-20-14-8-2)95-75(87)61-53-47-38-29-23-17-11-5)80(79(72(67-83)97-81)99-100(90,91)92)98-77(89)66-71(59-51-45-42-36-33-27-21-15-9-3)96-76(88)62-54-48-39-30-24-18-12-6/h69-72,78-81,83H,7-67H2,1-6H3,(H,82,85)(H2,90,91,92)/t69-,70-,71-,72?,78?,79-,80-,81-/m1/s1. The molecule has 1 aliphatic heterocycles. The summed E-state index contributed by atoms with van der Waals surface area (Å²) in [6, 6.07) is -1.55. The highest BCUT2D eigenvalue weighted by atomic mass is 31.2. The summed E-state index contributed by atoms with van der Waals surface area (Å²) >= 11 is 0. The van der Waals surface area contributed by atoms with Gasteiger partial charge in [0.05, 0.1) is 26.1 Å². The van der Waals surface area contributed by atoms with Crippen LogP contribution in [0.25, 0.3) is 0 Å². The molecule has 0 radical (unpaired) electrons. The van der Waals surface area contributed by atoms with Crippen LogP contribution >= 0.6 is 7.82 Å². The lowest BCUT2D eigenvalue weighted by Crippen LogP contribution is -2.66. The van der Waals surface area contributed by atoms with Gasteiger partial charge >= 0.3 is 31.7 Å². The highest BCUT2D eigenvalue weighted by molar-refractivity contribution is 7.46. The Balaban J connectivity index is 3.70. The Labute approximate surface area is 609 Å². The van der Waals surface area contributed by atoms with Gasteiger partial charge in [0.25, 0.3) is 0 Å². The molecule has 0 aliphatic carbocycles. The van der Waals surface area contributed by atoms with Gasteiger partial charge in [-0.05, 0) is 64.2 Å². The lowest BCUT2D eigenvalue weighted by Gasteiger charge is -2.45. The number of phosphoric ester groups is 1. The van der Waals surface area contributed by atoms with E-state index in [0.29, 0.717) is 51.4 Å². The zero-order valence-electron chi connectivity index (χ0n) is 64.8. The molecule has 4 N–H and O–H groups in total. The fourth-order valence-electron chi connectivity index (χ4n) is 13.5. The van der Waals surface area contributed by atoms with Gasteiger partial charge in [0.15, 0.2) is 12.4 Å². The van der Waals surface area contributed by atoms with Crippen molar-refractivity contribution in [2.45, 2.75) is 469 Å². The van der Waals surface area contributed by atoms with Gasteiger partial charge in [0, 0.05) is 32.1 Å². The fraction of sp³-hybridized carbons (Fsp3) is 0.926. The van der Waals surface area contributed by atoms with Crippen molar-refractivity contribution in [3.8, 4) is 0 Å². The first kappa shape index (κ1) is 95.0. The minimum absolute atomic E-state index is 0.0297. The van der Waals surface area contributed by atoms with Crippen LogP contribution in [0.15, 0.2) is 0 Å². The van der Waals surface area contributed by atoms with Crippen LogP contribution in [-0.2, 0) is 66.3 Å². The van der Waals surface area contributed by atoms with Gasteiger partial charge in [-0.2, -0.15) is 0 Å². The summed E-state index contributed by atoms with van der Waals surface area (Å²) in [6.07, 6.45) is 43.1. The number of carbonyl (C=O) groups is 6. The minimum atomic E-state index is -5.45. The number of hydrogen-bond donors (Lipinski definition) is 4. The molecule has 8 atom stereocenters. The highest BCUT2D eigenvalue weighted by Gasteiger charge is 2.52. The smallest absolute Gasteiger partial charge is 0.462 e. The molecule has 0 spiro atoms. The number of Topliss-reactive ketones (excluding diaryl/α,β-unsaturated/α-hetero) is 1. The normalized spacial score (nSPS) is 17.2. The molecule has 0 bridgehead atoms. The first-order chi connectivity index (χ1) is 48.5. The number of ketones is 1. The van der Waals surface area contributed by atoms with Crippen molar-refractivity contribution in [3.05, 3.63) is 0 Å². The molecule has 2 unspecified atom stereocenters. The lowest BCUT2D eigenvalue weighted by atomic mass is 9.95. The molecular formula is C81H152NO17P. The predicted octanol–water partition coefficient (Wildman–Crippen LogP) is 21.0. The number of unbranched alkanes of at least 4 members (excludes halogenated alkanes) is 42. The topological polar surface area (TPSA) is 257 Å². The second-order valence-corrected chi connectivity index (χ2v) is 30.5. The monoisotopic (exact) mass is 1440 g/mol. The predicted molar refractivity (Wildman–Crippen MR) is 402 cm³/mol. The summed E-state index contributed by atoms with van der Waals surface area (Å²) in [5.74, 6) is -2.88. The Bertz CT molecular complexity index is 2020. The number of carbonyl (C=O) groups excluding carboxylic acids is 6. The first-order valence-corrected chi connectivity index (χ1v) is 43.3. The zero-order chi connectivity index (χ0) is 73.4. The molecule has 0 aromatic rings. The third kappa shape index (κ3) is 55.5. The molecule has 19 heteroatoms. The Morgan fingerprint density at radius 1 is 0.380 bits per heavy atom. The van der Waals surface area contributed by atoms with Crippen LogP contribution in [-0.4, -0.2) is 113 Å². The van der Waals surface area contributed by atoms with E-state index < -0.39 is 93.6 Å². The molecule has 1 heterocycles. The molecule has 0 aromatic carbocycles. The SMILES string of the molecule is CCCCCCCCCCC[C@H](CC(=O)CCCO[C@@H]1OC(CO)[C@@H](OP(=O)(O)O)[C@H](OC(=O)C[C@@H](CCCCCCCCCCC)OC(=O)CCCCCCCCC)C1NC(=O)C[C@@H](CCCCCCCCCCC)OC(=O)CCCCCCCCC)OC(=O)CCCCCCCCC. The van der Waals surface area contributed by atoms with E-state index in [1.807, 2.05) is 0 Å². The number of aliphatic hydroxyl groups is 1. The van der Waals surface area contributed by atoms with E-state index in [1.165, 1.54) is 116 Å². The van der Waals surface area contributed by atoms with E-state index in [2.05, 4.69) is 46.9 Å². The number of amides is 1. The molecule has 100 heavy (non-hydrogen) atoms. The van der Waals surface area contributed by atoms with Crippen molar-refractivity contribution in [2.75, 3.05) is 13.2 Å². The molecule has 18 nitrogen and oxygen atoms in total. The van der Waals surface area contributed by atoms with Crippen LogP contribution in [0.4, 0.5) is 0 Å². The minimum Gasteiger partial charge on any atom is -0.462 e. The average molecular weight is 1440 g/mol. The maximum Gasteiger partial charge on any atom is 0.470 e. The van der Waals surface area contributed by atoms with Crippen molar-refractivity contribution in [2.24, 2.45) is 0 Å². The molecule has 1 saturated heterocycles. The third-order valence-corrected chi connectivity index (χ3v) is 20.1. The summed E-state index contributed by atoms with van der Waals surface area (Å²) in [5, 5.41) is 13.8. The maximum absolute atomic E-state index is 14.8. The largest absolute Gasteiger partial charge is 0.470 e. The quantitative estimate of drug-likeness (QED) is 0.0191. The zero-order valence-corrected chi connectivity index (χ0v) is 65.7. The molecule has 1 amide bonds. The van der Waals surface area contributed by atoms with Crippen LogP contribution in [0.1, 0.15) is 420 Å². The molecule has 1 rings (SSSR count). The fourth-order valence-corrected chi connectivity index (χ4v) is 14.1. The van der Waals surface area contributed by atoms with Crippen LogP contribution in [0.2, 0.25) is 0 Å².